The third kappa shape index (κ3) is 3.83. The molecular weight excluding hydrogens is 288 g/mol. The summed E-state index contributed by atoms with van der Waals surface area (Å²) in [5.41, 5.74) is 1.07. The van der Waals surface area contributed by atoms with E-state index in [9.17, 15) is 8.42 Å². The van der Waals surface area contributed by atoms with Gasteiger partial charge >= 0.3 is 0 Å². The molecule has 0 aromatic heterocycles. The van der Waals surface area contributed by atoms with Crippen LogP contribution < -0.4 is 5.32 Å². The van der Waals surface area contributed by atoms with E-state index in [1.54, 1.807) is 12.1 Å². The summed E-state index contributed by atoms with van der Waals surface area (Å²) in [7, 11) is -3.50. The third-order valence-electron chi connectivity index (χ3n) is 3.77. The van der Waals surface area contributed by atoms with Gasteiger partial charge < -0.3 is 10.4 Å². The third-order valence-corrected chi connectivity index (χ3v) is 5.74. The number of benzene rings is 1. The van der Waals surface area contributed by atoms with Gasteiger partial charge in [-0.1, -0.05) is 19.1 Å². The Kier molecular flexibility index (Phi) is 5.37. The number of hydrogen-bond donors (Lipinski definition) is 2. The maximum atomic E-state index is 12.6. The van der Waals surface area contributed by atoms with Crippen LogP contribution in [-0.4, -0.2) is 43.6 Å². The van der Waals surface area contributed by atoms with Gasteiger partial charge in [-0.3, -0.25) is 0 Å². The molecule has 21 heavy (non-hydrogen) atoms. The Morgan fingerprint density at radius 1 is 1.33 bits per heavy atom. The zero-order valence-corrected chi connectivity index (χ0v) is 13.4. The molecule has 1 unspecified atom stereocenters. The van der Waals surface area contributed by atoms with E-state index in [0.717, 1.165) is 24.9 Å². The molecule has 1 aliphatic rings. The minimum absolute atomic E-state index is 0.0579. The number of nitrogens with zero attached hydrogens (tertiary/aromatic N) is 1. The second-order valence-corrected chi connectivity index (χ2v) is 7.31. The molecule has 0 spiro atoms. The zero-order valence-electron chi connectivity index (χ0n) is 12.6. The SMILES string of the molecule is CCNC(C)c1ccc(S(=O)(=O)N(CCO)C2CC2)cc1. The van der Waals surface area contributed by atoms with Crippen LogP contribution in [0.4, 0.5) is 0 Å². The van der Waals surface area contributed by atoms with Gasteiger partial charge in [0, 0.05) is 18.6 Å². The maximum Gasteiger partial charge on any atom is 0.243 e. The topological polar surface area (TPSA) is 69.6 Å². The van der Waals surface area contributed by atoms with E-state index in [0.29, 0.717) is 4.90 Å². The lowest BCUT2D eigenvalue weighted by atomic mass is 10.1. The van der Waals surface area contributed by atoms with E-state index in [2.05, 4.69) is 12.2 Å². The van der Waals surface area contributed by atoms with Crippen LogP contribution in [-0.2, 0) is 10.0 Å². The molecule has 1 saturated carbocycles. The number of hydrogen-bond acceptors (Lipinski definition) is 4. The summed E-state index contributed by atoms with van der Waals surface area (Å²) in [6.45, 7) is 4.98. The number of rotatable bonds is 8. The Balaban J connectivity index is 2.19. The first-order valence-corrected chi connectivity index (χ1v) is 8.90. The lowest BCUT2D eigenvalue weighted by molar-refractivity contribution is 0.250. The van der Waals surface area contributed by atoms with Crippen molar-refractivity contribution in [2.24, 2.45) is 0 Å². The molecule has 0 radical (unpaired) electrons. The van der Waals surface area contributed by atoms with Crippen molar-refractivity contribution in [2.75, 3.05) is 19.7 Å². The first-order valence-electron chi connectivity index (χ1n) is 7.46. The van der Waals surface area contributed by atoms with Gasteiger partial charge in [0.15, 0.2) is 0 Å². The van der Waals surface area contributed by atoms with Gasteiger partial charge in [-0.25, -0.2) is 8.42 Å². The monoisotopic (exact) mass is 312 g/mol. The molecule has 1 aromatic rings. The molecule has 118 valence electrons. The number of aliphatic hydroxyl groups excluding tert-OH is 1. The molecule has 6 heteroatoms. The van der Waals surface area contributed by atoms with Crippen molar-refractivity contribution >= 4 is 10.0 Å². The summed E-state index contributed by atoms with van der Waals surface area (Å²) in [5, 5.41) is 12.4. The molecular formula is C15H24N2O3S. The minimum atomic E-state index is -3.50. The molecule has 1 aromatic carbocycles. The average Bonchev–Trinajstić information content (AvgIpc) is 3.29. The van der Waals surface area contributed by atoms with Gasteiger partial charge in [0.25, 0.3) is 0 Å². The maximum absolute atomic E-state index is 12.6. The van der Waals surface area contributed by atoms with E-state index in [4.69, 9.17) is 5.11 Å². The van der Waals surface area contributed by atoms with E-state index in [1.807, 2.05) is 19.1 Å². The molecule has 1 aliphatic carbocycles. The van der Waals surface area contributed by atoms with Gasteiger partial charge in [-0.15, -0.1) is 0 Å². The van der Waals surface area contributed by atoms with Crippen LogP contribution in [0.3, 0.4) is 0 Å². The number of sulfonamides is 1. The van der Waals surface area contributed by atoms with E-state index in [1.165, 1.54) is 4.31 Å². The van der Waals surface area contributed by atoms with Crippen LogP contribution in [0.5, 0.6) is 0 Å². The Morgan fingerprint density at radius 3 is 2.43 bits per heavy atom. The fourth-order valence-corrected chi connectivity index (χ4v) is 4.12. The van der Waals surface area contributed by atoms with Crippen LogP contribution >= 0.6 is 0 Å². The molecule has 0 aliphatic heterocycles. The van der Waals surface area contributed by atoms with Crippen LogP contribution in [0, 0.1) is 0 Å². The second kappa shape index (κ2) is 6.87. The Morgan fingerprint density at radius 2 is 1.95 bits per heavy atom. The van der Waals surface area contributed by atoms with Crippen molar-refractivity contribution in [1.29, 1.82) is 0 Å². The average molecular weight is 312 g/mol. The van der Waals surface area contributed by atoms with Crippen LogP contribution in [0.2, 0.25) is 0 Å². The van der Waals surface area contributed by atoms with Crippen molar-refractivity contribution in [1.82, 2.24) is 9.62 Å². The predicted molar refractivity (Wildman–Crippen MR) is 82.5 cm³/mol. The van der Waals surface area contributed by atoms with E-state index < -0.39 is 10.0 Å². The largest absolute Gasteiger partial charge is 0.395 e. The summed E-state index contributed by atoms with van der Waals surface area (Å²) in [6.07, 6.45) is 1.77. The summed E-state index contributed by atoms with van der Waals surface area (Å²) in [4.78, 5) is 0.301. The normalized spacial score (nSPS) is 17.1. The minimum Gasteiger partial charge on any atom is -0.395 e. The highest BCUT2D eigenvalue weighted by Gasteiger charge is 2.37. The molecule has 0 amide bonds. The van der Waals surface area contributed by atoms with Gasteiger partial charge in [-0.2, -0.15) is 4.31 Å². The predicted octanol–water partition coefficient (Wildman–Crippen LogP) is 1.50. The molecule has 0 heterocycles. The van der Waals surface area contributed by atoms with Gasteiger partial charge in [0.2, 0.25) is 10.0 Å². The highest BCUT2D eigenvalue weighted by atomic mass is 32.2. The zero-order chi connectivity index (χ0) is 15.5. The smallest absolute Gasteiger partial charge is 0.243 e. The quantitative estimate of drug-likeness (QED) is 0.763. The molecule has 1 atom stereocenters. The fraction of sp³-hybridized carbons (Fsp3) is 0.600. The second-order valence-electron chi connectivity index (χ2n) is 5.42. The number of aliphatic hydroxyl groups is 1. The number of nitrogens with one attached hydrogen (secondary N) is 1. The molecule has 5 nitrogen and oxygen atoms in total. The van der Waals surface area contributed by atoms with E-state index in [-0.39, 0.29) is 25.2 Å². The highest BCUT2D eigenvalue weighted by Crippen LogP contribution is 2.32. The summed E-state index contributed by atoms with van der Waals surface area (Å²) >= 11 is 0. The summed E-state index contributed by atoms with van der Waals surface area (Å²) in [5.74, 6) is 0. The lowest BCUT2D eigenvalue weighted by Gasteiger charge is -2.21. The molecule has 0 saturated heterocycles. The van der Waals surface area contributed by atoms with Crippen molar-refractivity contribution in [3.05, 3.63) is 29.8 Å². The Bertz CT molecular complexity index is 553. The Labute approximate surface area is 127 Å². The summed E-state index contributed by atoms with van der Waals surface area (Å²) < 4.78 is 26.6. The van der Waals surface area contributed by atoms with Crippen LogP contribution in [0.15, 0.2) is 29.2 Å². The molecule has 1 fully saturated rings. The first kappa shape index (κ1) is 16.4. The molecule has 2 rings (SSSR count). The van der Waals surface area contributed by atoms with Crippen LogP contribution in [0.1, 0.15) is 38.3 Å². The van der Waals surface area contributed by atoms with Gasteiger partial charge in [-0.05, 0) is 44.0 Å². The van der Waals surface area contributed by atoms with Gasteiger partial charge in [0.05, 0.1) is 11.5 Å². The first-order chi connectivity index (χ1) is 10.0. The molecule has 0 bridgehead atoms. The fourth-order valence-electron chi connectivity index (χ4n) is 2.45. The van der Waals surface area contributed by atoms with Crippen molar-refractivity contribution in [2.45, 2.75) is 43.7 Å². The summed E-state index contributed by atoms with van der Waals surface area (Å²) in [6, 6.07) is 7.27. The Hall–Kier alpha value is -0.950. The van der Waals surface area contributed by atoms with E-state index >= 15 is 0 Å². The van der Waals surface area contributed by atoms with Gasteiger partial charge in [0.1, 0.15) is 0 Å². The lowest BCUT2D eigenvalue weighted by Crippen LogP contribution is -2.35. The molecule has 2 N–H and O–H groups in total. The highest BCUT2D eigenvalue weighted by molar-refractivity contribution is 7.89. The van der Waals surface area contributed by atoms with Crippen molar-refractivity contribution < 1.29 is 13.5 Å². The van der Waals surface area contributed by atoms with Crippen molar-refractivity contribution in [3.63, 3.8) is 0 Å². The van der Waals surface area contributed by atoms with Crippen molar-refractivity contribution in [3.8, 4) is 0 Å². The standard InChI is InChI=1S/C15H24N2O3S/c1-3-16-12(2)13-4-8-15(9-5-13)21(19,20)17(10-11-18)14-6-7-14/h4-5,8-9,12,14,16,18H,3,6-7,10-11H2,1-2H3. The van der Waals surface area contributed by atoms with Crippen LogP contribution in [0.25, 0.3) is 0 Å².